The topological polar surface area (TPSA) is 0 Å². The van der Waals surface area contributed by atoms with Gasteiger partial charge in [-0.15, -0.1) is 0 Å². The second kappa shape index (κ2) is 10.8. The van der Waals surface area contributed by atoms with Gasteiger partial charge in [0.25, 0.3) is 0 Å². The summed E-state index contributed by atoms with van der Waals surface area (Å²) in [5.41, 5.74) is 2.69. The van der Waals surface area contributed by atoms with E-state index in [1.54, 1.807) is 0 Å². The van der Waals surface area contributed by atoms with Crippen LogP contribution in [0.1, 0.15) is 26.7 Å². The summed E-state index contributed by atoms with van der Waals surface area (Å²) in [6.45, 7) is 4.17. The standard InChI is InChI=1S/2C6H7.2ClH.Nb/c2*1-6-4-2-3-5-6;;;/h2*2-3H,4H2,1H3;2*1H;/q2*-1;;;+2/p-2. The van der Waals surface area contributed by atoms with Crippen LogP contribution in [0.15, 0.2) is 35.5 Å². The molecule has 0 aliphatic heterocycles. The van der Waals surface area contributed by atoms with Crippen LogP contribution in [-0.2, 0) is 17.6 Å². The molecule has 2 rings (SSSR count). The van der Waals surface area contributed by atoms with Crippen LogP contribution in [-0.4, -0.2) is 0 Å². The van der Waals surface area contributed by atoms with E-state index in [4.69, 9.17) is 18.4 Å². The summed E-state index contributed by atoms with van der Waals surface area (Å²) in [5.74, 6) is 0. The molecule has 0 aromatic heterocycles. The minimum absolute atomic E-state index is 0.706. The molecule has 15 heavy (non-hydrogen) atoms. The van der Waals surface area contributed by atoms with Gasteiger partial charge in [-0.25, -0.2) is 24.3 Å². The Balaban J connectivity index is 0.000000210. The van der Waals surface area contributed by atoms with E-state index in [-0.39, 0.29) is 0 Å². The summed E-state index contributed by atoms with van der Waals surface area (Å²) in [6, 6.07) is 0. The maximum absolute atomic E-state index is 4.91. The van der Waals surface area contributed by atoms with E-state index >= 15 is 0 Å². The zero-order chi connectivity index (χ0) is 11.5. The van der Waals surface area contributed by atoms with E-state index < -0.39 is 17.6 Å². The van der Waals surface area contributed by atoms with Crippen molar-refractivity contribution >= 4 is 18.4 Å². The normalized spacial score (nSPS) is 15.7. The van der Waals surface area contributed by atoms with Crippen molar-refractivity contribution < 1.29 is 17.6 Å². The zero-order valence-electron chi connectivity index (χ0n) is 8.93. The van der Waals surface area contributed by atoms with E-state index in [0.717, 1.165) is 12.8 Å². The van der Waals surface area contributed by atoms with Gasteiger partial charge in [-0.3, -0.25) is 12.2 Å². The van der Waals surface area contributed by atoms with Crippen molar-refractivity contribution in [2.24, 2.45) is 0 Å². The van der Waals surface area contributed by atoms with Crippen molar-refractivity contribution in [1.29, 1.82) is 0 Å². The van der Waals surface area contributed by atoms with Gasteiger partial charge in [-0.05, 0) is 0 Å². The Morgan fingerprint density at radius 3 is 1.40 bits per heavy atom. The molecule has 2 aliphatic rings. The first kappa shape index (κ1) is 15.3. The van der Waals surface area contributed by atoms with Crippen LogP contribution in [0.3, 0.4) is 0 Å². The molecule has 0 unspecified atom stereocenters. The monoisotopic (exact) mass is 321 g/mol. The number of hydrogen-bond acceptors (Lipinski definition) is 0. The van der Waals surface area contributed by atoms with E-state index in [0.29, 0.717) is 0 Å². The van der Waals surface area contributed by atoms with Gasteiger partial charge in [0.05, 0.1) is 0 Å². The summed E-state index contributed by atoms with van der Waals surface area (Å²) in [5, 5.41) is 0. The third kappa shape index (κ3) is 10.6. The average molecular weight is 322 g/mol. The second-order valence-electron chi connectivity index (χ2n) is 3.13. The molecule has 0 aromatic rings. The molecule has 0 nitrogen and oxygen atoms in total. The predicted molar refractivity (Wildman–Crippen MR) is 64.1 cm³/mol. The number of halogens is 2. The summed E-state index contributed by atoms with van der Waals surface area (Å²) < 4.78 is 0. The quantitative estimate of drug-likeness (QED) is 0.445. The zero-order valence-corrected chi connectivity index (χ0v) is 12.6. The molecule has 0 saturated carbocycles. The number of rotatable bonds is 0. The predicted octanol–water partition coefficient (Wildman–Crippen LogP) is 4.77. The fourth-order valence-corrected chi connectivity index (χ4v) is 0.992. The molecule has 0 N–H and O–H groups in total. The third-order valence-electron chi connectivity index (χ3n) is 1.74. The molecule has 0 aromatic carbocycles. The van der Waals surface area contributed by atoms with Gasteiger partial charge in [-0.2, -0.15) is 11.1 Å². The molecule has 3 heteroatoms. The van der Waals surface area contributed by atoms with Gasteiger partial charge in [0.15, 0.2) is 0 Å². The Hall–Kier alpha value is 0.280. The van der Waals surface area contributed by atoms with Crippen molar-refractivity contribution in [1.82, 2.24) is 0 Å². The van der Waals surface area contributed by atoms with E-state index in [1.165, 1.54) is 11.1 Å². The first-order chi connectivity index (χ1) is 7.20. The van der Waals surface area contributed by atoms with Crippen molar-refractivity contribution in [3.05, 3.63) is 47.6 Å². The van der Waals surface area contributed by atoms with Crippen LogP contribution in [0.5, 0.6) is 0 Å². The maximum atomic E-state index is 4.91. The summed E-state index contributed by atoms with van der Waals surface area (Å²) >= 11 is -0.706. The summed E-state index contributed by atoms with van der Waals surface area (Å²) in [4.78, 5) is 0. The average Bonchev–Trinajstić information content (AvgIpc) is 2.81. The molecule has 0 bridgehead atoms. The van der Waals surface area contributed by atoms with Crippen LogP contribution in [0.25, 0.3) is 0 Å². The van der Waals surface area contributed by atoms with E-state index in [9.17, 15) is 0 Å². The van der Waals surface area contributed by atoms with Gasteiger partial charge >= 0.3 is 36.0 Å². The Morgan fingerprint density at radius 1 is 1.00 bits per heavy atom. The first-order valence-corrected chi connectivity index (χ1v) is 10.3. The van der Waals surface area contributed by atoms with Gasteiger partial charge in [0.2, 0.25) is 0 Å². The molecule has 83 valence electrons. The Labute approximate surface area is 110 Å². The molecule has 0 amide bonds. The SMILES string of the molecule is CC1=[C-]C=CC1.CC1=[C-]C=CC1.[Cl][Nb][Cl]. The molecule has 0 fully saturated rings. The fourth-order valence-electron chi connectivity index (χ4n) is 0.992. The Morgan fingerprint density at radius 2 is 1.33 bits per heavy atom. The molecule has 0 radical (unpaired) electrons. The van der Waals surface area contributed by atoms with Crippen molar-refractivity contribution in [2.75, 3.05) is 0 Å². The molecule has 0 spiro atoms. The summed E-state index contributed by atoms with van der Waals surface area (Å²) in [6.07, 6.45) is 16.5. The van der Waals surface area contributed by atoms with Crippen LogP contribution >= 0.6 is 18.4 Å². The van der Waals surface area contributed by atoms with Crippen molar-refractivity contribution in [3.8, 4) is 0 Å². The molecule has 2 aliphatic carbocycles. The van der Waals surface area contributed by atoms with Gasteiger partial charge in [-0.1, -0.05) is 26.7 Å². The molecule has 0 heterocycles. The number of hydrogen-bond donors (Lipinski definition) is 0. The van der Waals surface area contributed by atoms with E-state index in [1.807, 2.05) is 12.2 Å². The van der Waals surface area contributed by atoms with Crippen LogP contribution < -0.4 is 0 Å². The fraction of sp³-hybridized carbons (Fsp3) is 0.333. The minimum atomic E-state index is -0.706. The van der Waals surface area contributed by atoms with Crippen LogP contribution in [0, 0.1) is 12.2 Å². The molecular weight excluding hydrogens is 308 g/mol. The van der Waals surface area contributed by atoms with Gasteiger partial charge < -0.3 is 0 Å². The molecule has 0 atom stereocenters. The van der Waals surface area contributed by atoms with Crippen molar-refractivity contribution in [3.63, 3.8) is 0 Å². The Kier molecular flexibility index (Phi) is 11.0. The van der Waals surface area contributed by atoms with Crippen LogP contribution in [0.4, 0.5) is 0 Å². The molecular formula is C12H14Cl2Nb-2. The second-order valence-corrected chi connectivity index (χ2v) is 6.46. The third-order valence-corrected chi connectivity index (χ3v) is 1.74. The van der Waals surface area contributed by atoms with Gasteiger partial charge in [0.1, 0.15) is 0 Å². The number of allylic oxidation sites excluding steroid dienone is 8. The first-order valence-electron chi connectivity index (χ1n) is 4.61. The molecule has 0 saturated heterocycles. The van der Waals surface area contributed by atoms with Crippen molar-refractivity contribution in [2.45, 2.75) is 26.7 Å². The van der Waals surface area contributed by atoms with Crippen LogP contribution in [0.2, 0.25) is 0 Å². The Bertz CT molecular complexity index is 247. The summed E-state index contributed by atoms with van der Waals surface area (Å²) in [7, 11) is 9.83. The van der Waals surface area contributed by atoms with Gasteiger partial charge in [0, 0.05) is 0 Å². The van der Waals surface area contributed by atoms with E-state index in [2.05, 4.69) is 38.2 Å².